The molecule has 2 amide bonds. The molecule has 0 radical (unpaired) electrons. The Labute approximate surface area is 125 Å². The van der Waals surface area contributed by atoms with Gasteiger partial charge in [-0.3, -0.25) is 9.59 Å². The first kappa shape index (κ1) is 15.6. The summed E-state index contributed by atoms with van der Waals surface area (Å²) in [4.78, 5) is 28.0. The lowest BCUT2D eigenvalue weighted by Crippen LogP contribution is -2.54. The maximum atomic E-state index is 12.3. The van der Waals surface area contributed by atoms with E-state index in [0.29, 0.717) is 0 Å². The summed E-state index contributed by atoms with van der Waals surface area (Å²) in [5.74, 6) is 1.34. The zero-order valence-corrected chi connectivity index (χ0v) is 13.4. The maximum absolute atomic E-state index is 12.3. The number of likely N-dealkylation sites (tertiary alicyclic amines) is 1. The molecule has 0 atom stereocenters. The normalized spacial score (nSPS) is 21.8. The van der Waals surface area contributed by atoms with Crippen LogP contribution >= 0.6 is 11.8 Å². The molecule has 0 saturated carbocycles. The summed E-state index contributed by atoms with van der Waals surface area (Å²) in [6.45, 7) is 6.34. The lowest BCUT2D eigenvalue weighted by atomic mass is 10.0. The molecule has 0 aromatic rings. The minimum atomic E-state index is -0.0782. The number of carbonyl (C=O) groups is 2. The number of amides is 2. The fourth-order valence-corrected chi connectivity index (χ4v) is 4.43. The summed E-state index contributed by atoms with van der Waals surface area (Å²) < 4.78 is 4.90. The third kappa shape index (κ3) is 2.96. The van der Waals surface area contributed by atoms with E-state index in [2.05, 4.69) is 4.90 Å². The molecular weight excluding hydrogens is 276 g/mol. The molecule has 0 unspecified atom stereocenters. The van der Waals surface area contributed by atoms with Gasteiger partial charge < -0.3 is 14.5 Å². The highest BCUT2D eigenvalue weighted by Gasteiger charge is 2.47. The molecular formula is C14H24N2O3S. The van der Waals surface area contributed by atoms with E-state index in [1.807, 2.05) is 30.5 Å². The number of rotatable bonds is 3. The standard InChI is InChI=1S/C14H24N2O3S/c1-11(2)13(18)16-8-9-20-14(16)4-6-15(7-5-14)12(17)10-19-3/h11H,4-10H2,1-3H3. The quantitative estimate of drug-likeness (QED) is 0.785. The van der Waals surface area contributed by atoms with Gasteiger partial charge in [-0.25, -0.2) is 0 Å². The second kappa shape index (κ2) is 6.35. The minimum absolute atomic E-state index is 0.0405. The molecule has 0 aromatic heterocycles. The van der Waals surface area contributed by atoms with Gasteiger partial charge in [-0.1, -0.05) is 13.8 Å². The molecule has 0 bridgehead atoms. The van der Waals surface area contributed by atoms with E-state index in [1.165, 1.54) is 0 Å². The Hall–Kier alpha value is -0.750. The fourth-order valence-electron chi connectivity index (χ4n) is 2.97. The van der Waals surface area contributed by atoms with Gasteiger partial charge in [-0.15, -0.1) is 11.8 Å². The van der Waals surface area contributed by atoms with Gasteiger partial charge in [0, 0.05) is 38.4 Å². The average Bonchev–Trinajstić information content (AvgIpc) is 2.82. The molecule has 6 heteroatoms. The summed E-state index contributed by atoms with van der Waals surface area (Å²) in [5, 5.41) is 0. The highest BCUT2D eigenvalue weighted by molar-refractivity contribution is 8.00. The van der Waals surface area contributed by atoms with Gasteiger partial charge in [0.1, 0.15) is 6.61 Å². The van der Waals surface area contributed by atoms with Crippen molar-refractivity contribution in [2.75, 3.05) is 39.1 Å². The molecule has 2 fully saturated rings. The van der Waals surface area contributed by atoms with Crippen LogP contribution in [0, 0.1) is 5.92 Å². The van der Waals surface area contributed by atoms with Crippen molar-refractivity contribution in [1.29, 1.82) is 0 Å². The molecule has 2 heterocycles. The van der Waals surface area contributed by atoms with E-state index in [-0.39, 0.29) is 29.2 Å². The molecule has 2 rings (SSSR count). The lowest BCUT2D eigenvalue weighted by Gasteiger charge is -2.44. The molecule has 114 valence electrons. The number of hydrogen-bond acceptors (Lipinski definition) is 4. The van der Waals surface area contributed by atoms with E-state index in [9.17, 15) is 9.59 Å². The minimum Gasteiger partial charge on any atom is -0.375 e. The van der Waals surface area contributed by atoms with Gasteiger partial charge in [0.2, 0.25) is 11.8 Å². The summed E-state index contributed by atoms with van der Waals surface area (Å²) in [7, 11) is 1.54. The van der Waals surface area contributed by atoms with Gasteiger partial charge in [-0.05, 0) is 12.8 Å². The number of thioether (sulfide) groups is 1. The predicted octanol–water partition coefficient (Wildman–Crippen LogP) is 1.18. The van der Waals surface area contributed by atoms with Gasteiger partial charge in [0.05, 0.1) is 4.87 Å². The van der Waals surface area contributed by atoms with Gasteiger partial charge >= 0.3 is 0 Å². The van der Waals surface area contributed by atoms with Crippen LogP contribution in [-0.4, -0.2) is 65.6 Å². The average molecular weight is 300 g/mol. The van der Waals surface area contributed by atoms with Crippen LogP contribution in [0.3, 0.4) is 0 Å². The second-order valence-corrected chi connectivity index (χ2v) is 7.21. The first-order valence-electron chi connectivity index (χ1n) is 7.22. The molecule has 2 aliphatic heterocycles. The molecule has 1 spiro atoms. The van der Waals surface area contributed by atoms with Crippen molar-refractivity contribution < 1.29 is 14.3 Å². The van der Waals surface area contributed by atoms with Crippen molar-refractivity contribution >= 4 is 23.6 Å². The van der Waals surface area contributed by atoms with E-state index >= 15 is 0 Å². The maximum Gasteiger partial charge on any atom is 0.248 e. The highest BCUT2D eigenvalue weighted by atomic mass is 32.2. The topological polar surface area (TPSA) is 49.9 Å². The Morgan fingerprint density at radius 3 is 2.45 bits per heavy atom. The first-order chi connectivity index (χ1) is 9.50. The number of nitrogens with zero attached hydrogens (tertiary/aromatic N) is 2. The predicted molar refractivity (Wildman–Crippen MR) is 79.4 cm³/mol. The van der Waals surface area contributed by atoms with Crippen molar-refractivity contribution in [2.45, 2.75) is 31.6 Å². The van der Waals surface area contributed by atoms with E-state index < -0.39 is 0 Å². The molecule has 20 heavy (non-hydrogen) atoms. The third-order valence-corrected chi connectivity index (χ3v) is 5.66. The Kier molecular flexibility index (Phi) is 4.96. The second-order valence-electron chi connectivity index (χ2n) is 5.75. The number of methoxy groups -OCH3 is 1. The van der Waals surface area contributed by atoms with Crippen LogP contribution in [0.5, 0.6) is 0 Å². The molecule has 0 aromatic carbocycles. The lowest BCUT2D eigenvalue weighted by molar-refractivity contribution is -0.141. The molecule has 0 aliphatic carbocycles. The van der Waals surface area contributed by atoms with E-state index in [0.717, 1.165) is 38.2 Å². The Morgan fingerprint density at radius 1 is 1.25 bits per heavy atom. The van der Waals surface area contributed by atoms with Gasteiger partial charge in [0.15, 0.2) is 0 Å². The van der Waals surface area contributed by atoms with Crippen LogP contribution in [0.15, 0.2) is 0 Å². The van der Waals surface area contributed by atoms with Crippen molar-refractivity contribution in [2.24, 2.45) is 5.92 Å². The monoisotopic (exact) mass is 300 g/mol. The summed E-state index contributed by atoms with van der Waals surface area (Å²) in [6.07, 6.45) is 1.73. The molecule has 0 N–H and O–H groups in total. The Balaban J connectivity index is 2.00. The Morgan fingerprint density at radius 2 is 1.90 bits per heavy atom. The van der Waals surface area contributed by atoms with Crippen LogP contribution < -0.4 is 0 Å². The van der Waals surface area contributed by atoms with E-state index in [1.54, 1.807) is 7.11 Å². The molecule has 5 nitrogen and oxygen atoms in total. The van der Waals surface area contributed by atoms with Gasteiger partial charge in [0.25, 0.3) is 0 Å². The zero-order chi connectivity index (χ0) is 14.8. The van der Waals surface area contributed by atoms with Crippen molar-refractivity contribution in [3.63, 3.8) is 0 Å². The molecule has 2 aliphatic rings. The zero-order valence-electron chi connectivity index (χ0n) is 12.6. The Bertz CT molecular complexity index is 379. The molecule has 2 saturated heterocycles. The largest absolute Gasteiger partial charge is 0.375 e. The number of ether oxygens (including phenoxy) is 1. The van der Waals surface area contributed by atoms with Crippen LogP contribution in [-0.2, 0) is 14.3 Å². The van der Waals surface area contributed by atoms with Crippen molar-refractivity contribution in [3.05, 3.63) is 0 Å². The number of hydrogen-bond donors (Lipinski definition) is 0. The van der Waals surface area contributed by atoms with Crippen molar-refractivity contribution in [3.8, 4) is 0 Å². The summed E-state index contributed by atoms with van der Waals surface area (Å²) in [5.41, 5.74) is 0. The van der Waals surface area contributed by atoms with Crippen LogP contribution in [0.25, 0.3) is 0 Å². The van der Waals surface area contributed by atoms with Crippen LogP contribution in [0.4, 0.5) is 0 Å². The van der Waals surface area contributed by atoms with Crippen LogP contribution in [0.2, 0.25) is 0 Å². The highest BCUT2D eigenvalue weighted by Crippen LogP contribution is 2.44. The summed E-state index contributed by atoms with van der Waals surface area (Å²) >= 11 is 1.88. The fraction of sp³-hybridized carbons (Fsp3) is 0.857. The first-order valence-corrected chi connectivity index (χ1v) is 8.21. The van der Waals surface area contributed by atoms with Crippen molar-refractivity contribution in [1.82, 2.24) is 9.80 Å². The SMILES string of the molecule is COCC(=O)N1CCC2(CC1)SCCN2C(=O)C(C)C. The third-order valence-electron chi connectivity index (χ3n) is 4.10. The smallest absolute Gasteiger partial charge is 0.248 e. The van der Waals surface area contributed by atoms with Crippen LogP contribution in [0.1, 0.15) is 26.7 Å². The number of carbonyl (C=O) groups excluding carboxylic acids is 2. The van der Waals surface area contributed by atoms with Gasteiger partial charge in [-0.2, -0.15) is 0 Å². The van der Waals surface area contributed by atoms with E-state index in [4.69, 9.17) is 4.74 Å². The summed E-state index contributed by atoms with van der Waals surface area (Å²) in [6, 6.07) is 0. The number of piperidine rings is 1.